The number of aliphatic hydroxyl groups is 1. The Morgan fingerprint density at radius 1 is 1.30 bits per heavy atom. The molecular weight excluding hydrogens is 408 g/mol. The second-order valence-electron chi connectivity index (χ2n) is 7.70. The summed E-state index contributed by atoms with van der Waals surface area (Å²) in [5.41, 5.74) is 2.54. The van der Waals surface area contributed by atoms with Gasteiger partial charge in [0.1, 0.15) is 6.04 Å². The van der Waals surface area contributed by atoms with Crippen molar-refractivity contribution >= 4 is 21.9 Å². The van der Waals surface area contributed by atoms with E-state index < -0.39 is 40.7 Å². The fraction of sp³-hybridized carbons (Fsp3) is 0.524. The van der Waals surface area contributed by atoms with Gasteiger partial charge in [0, 0.05) is 26.1 Å². The largest absolute Gasteiger partial charge is 0.454 e. The Morgan fingerprint density at radius 3 is 2.53 bits per heavy atom. The number of sulfonamides is 1. The number of hydrogen-bond acceptors (Lipinski definition) is 6. The lowest BCUT2D eigenvalue weighted by atomic mass is 10.1. The van der Waals surface area contributed by atoms with Gasteiger partial charge in [-0.15, -0.1) is 0 Å². The molecule has 30 heavy (non-hydrogen) atoms. The first-order chi connectivity index (χ1) is 14.0. The van der Waals surface area contributed by atoms with Crippen molar-refractivity contribution in [3.8, 4) is 0 Å². The van der Waals surface area contributed by atoms with Crippen LogP contribution in [0.25, 0.3) is 0 Å². The second-order valence-corrected chi connectivity index (χ2v) is 9.59. The zero-order chi connectivity index (χ0) is 22.6. The van der Waals surface area contributed by atoms with Gasteiger partial charge in [-0.1, -0.05) is 18.2 Å². The van der Waals surface area contributed by atoms with Crippen molar-refractivity contribution in [1.82, 2.24) is 9.21 Å². The summed E-state index contributed by atoms with van der Waals surface area (Å²) >= 11 is 0. The fourth-order valence-corrected chi connectivity index (χ4v) is 5.01. The van der Waals surface area contributed by atoms with E-state index in [-0.39, 0.29) is 17.9 Å². The first-order valence-electron chi connectivity index (χ1n) is 9.83. The number of rotatable bonds is 8. The highest BCUT2D eigenvalue weighted by atomic mass is 32.2. The van der Waals surface area contributed by atoms with Crippen LogP contribution in [0.2, 0.25) is 0 Å². The highest BCUT2D eigenvalue weighted by molar-refractivity contribution is 7.89. The van der Waals surface area contributed by atoms with Crippen LogP contribution in [0, 0.1) is 13.8 Å². The molecular formula is C21H30N2O6S. The molecule has 1 aliphatic rings. The van der Waals surface area contributed by atoms with E-state index in [4.69, 9.17) is 4.74 Å². The lowest BCUT2D eigenvalue weighted by Crippen LogP contribution is -2.43. The van der Waals surface area contributed by atoms with Crippen molar-refractivity contribution in [2.24, 2.45) is 0 Å². The quantitative estimate of drug-likeness (QED) is 0.486. The Labute approximate surface area is 178 Å². The van der Waals surface area contributed by atoms with Gasteiger partial charge < -0.3 is 14.7 Å². The van der Waals surface area contributed by atoms with Crippen LogP contribution in [0.15, 0.2) is 35.2 Å². The van der Waals surface area contributed by atoms with E-state index in [9.17, 15) is 23.1 Å². The number of hydrogen-bond donors (Lipinski definition) is 1. The first-order valence-corrected chi connectivity index (χ1v) is 11.3. The summed E-state index contributed by atoms with van der Waals surface area (Å²) in [6.07, 6.45) is -1.07. The van der Waals surface area contributed by atoms with Gasteiger partial charge in [0.25, 0.3) is 5.91 Å². The van der Waals surface area contributed by atoms with Crippen molar-refractivity contribution in [3.63, 3.8) is 0 Å². The van der Waals surface area contributed by atoms with Gasteiger partial charge >= 0.3 is 5.97 Å². The van der Waals surface area contributed by atoms with E-state index in [0.717, 1.165) is 21.0 Å². The second kappa shape index (κ2) is 9.72. The molecule has 9 heteroatoms. The molecule has 1 aliphatic heterocycles. The van der Waals surface area contributed by atoms with E-state index in [1.54, 1.807) is 26.8 Å². The molecule has 1 aromatic rings. The molecule has 8 nitrogen and oxygen atoms in total. The van der Waals surface area contributed by atoms with Crippen molar-refractivity contribution < 1.29 is 27.9 Å². The van der Waals surface area contributed by atoms with Crippen molar-refractivity contribution in [1.29, 1.82) is 0 Å². The first kappa shape index (κ1) is 24.0. The minimum atomic E-state index is -4.01. The molecule has 166 valence electrons. The van der Waals surface area contributed by atoms with Crippen molar-refractivity contribution in [3.05, 3.63) is 41.5 Å². The summed E-state index contributed by atoms with van der Waals surface area (Å²) in [6.45, 7) is 11.1. The van der Waals surface area contributed by atoms with Gasteiger partial charge in [0.05, 0.1) is 11.0 Å². The Hall–Kier alpha value is -2.23. The third-order valence-corrected chi connectivity index (χ3v) is 6.99. The van der Waals surface area contributed by atoms with Crippen LogP contribution in [0.4, 0.5) is 0 Å². The molecule has 0 aromatic heterocycles. The Morgan fingerprint density at radius 2 is 1.97 bits per heavy atom. The summed E-state index contributed by atoms with van der Waals surface area (Å²) in [7, 11) is -4.01. The highest BCUT2D eigenvalue weighted by Gasteiger charge is 2.44. The number of nitrogens with zero attached hydrogens (tertiary/aromatic N) is 2. The molecule has 0 spiro atoms. The smallest absolute Gasteiger partial charge is 0.325 e. The molecule has 0 radical (unpaired) electrons. The van der Waals surface area contributed by atoms with Gasteiger partial charge in [0.15, 0.2) is 6.61 Å². The van der Waals surface area contributed by atoms with E-state index in [1.165, 1.54) is 17.0 Å². The Kier molecular flexibility index (Phi) is 7.79. The van der Waals surface area contributed by atoms with Gasteiger partial charge in [-0.25, -0.2) is 8.42 Å². The topological polar surface area (TPSA) is 104 Å². The molecule has 1 aromatic carbocycles. The summed E-state index contributed by atoms with van der Waals surface area (Å²) in [6, 6.07) is 3.53. The van der Waals surface area contributed by atoms with Crippen LogP contribution in [-0.2, 0) is 24.3 Å². The molecule has 0 bridgehead atoms. The third kappa shape index (κ3) is 5.47. The Bertz CT molecular complexity index is 927. The molecule has 0 unspecified atom stereocenters. The van der Waals surface area contributed by atoms with E-state index in [2.05, 4.69) is 6.58 Å². The maximum Gasteiger partial charge on any atom is 0.325 e. The molecule has 0 saturated carbocycles. The molecule has 1 N–H and O–H groups in total. The number of benzene rings is 1. The number of ether oxygens (including phenoxy) is 1. The lowest BCUT2D eigenvalue weighted by molar-refractivity contribution is -0.154. The molecule has 1 saturated heterocycles. The molecule has 2 rings (SSSR count). The summed E-state index contributed by atoms with van der Waals surface area (Å²) in [5, 5.41) is 10.0. The van der Waals surface area contributed by atoms with Gasteiger partial charge in [-0.2, -0.15) is 4.31 Å². The third-order valence-electron chi connectivity index (χ3n) is 5.12. The van der Waals surface area contributed by atoms with E-state index in [1.807, 2.05) is 6.92 Å². The number of likely N-dealkylation sites (N-methyl/N-ethyl adjacent to an activating group) is 1. The van der Waals surface area contributed by atoms with Crippen LogP contribution in [-0.4, -0.2) is 73.0 Å². The number of β-amino-alcohol motifs (C(OH)–C–C–N with tert-alkyl or cyclic N) is 1. The summed E-state index contributed by atoms with van der Waals surface area (Å²) < 4.78 is 32.3. The predicted octanol–water partition coefficient (Wildman–Crippen LogP) is 1.40. The predicted molar refractivity (Wildman–Crippen MR) is 112 cm³/mol. The number of amides is 1. The zero-order valence-corrected chi connectivity index (χ0v) is 18.7. The highest BCUT2D eigenvalue weighted by Crippen LogP contribution is 2.28. The van der Waals surface area contributed by atoms with Crippen LogP contribution in [0.3, 0.4) is 0 Å². The number of aryl methyl sites for hydroxylation is 2. The molecule has 0 aliphatic carbocycles. The van der Waals surface area contributed by atoms with Crippen LogP contribution in [0.5, 0.6) is 0 Å². The van der Waals surface area contributed by atoms with Gasteiger partial charge in [-0.3, -0.25) is 9.59 Å². The summed E-state index contributed by atoms with van der Waals surface area (Å²) in [4.78, 5) is 26.4. The molecule has 1 heterocycles. The fourth-order valence-electron chi connectivity index (χ4n) is 3.30. The van der Waals surface area contributed by atoms with Crippen LogP contribution in [0.1, 0.15) is 31.4 Å². The van der Waals surface area contributed by atoms with Gasteiger partial charge in [-0.05, 0) is 51.0 Å². The molecule has 1 fully saturated rings. The molecule has 2 atom stereocenters. The number of carbonyl (C=O) groups excluding carboxylic acids is 2. The Balaban J connectivity index is 2.15. The number of esters is 1. The minimum absolute atomic E-state index is 0.0483. The maximum atomic E-state index is 13.1. The van der Waals surface area contributed by atoms with Crippen molar-refractivity contribution in [2.45, 2.75) is 51.2 Å². The minimum Gasteiger partial charge on any atom is -0.454 e. The molecule has 1 amide bonds. The van der Waals surface area contributed by atoms with Crippen LogP contribution >= 0.6 is 0 Å². The number of carbonyl (C=O) groups is 2. The SMILES string of the molecule is C=C(C)CN(CC)C(=O)COC(=O)[C@H]1C[C@H](O)CN1S(=O)(=O)c1ccc(C)c(C)c1. The number of aliphatic hydroxyl groups excluding tert-OH is 1. The average Bonchev–Trinajstić information content (AvgIpc) is 3.08. The van der Waals surface area contributed by atoms with Gasteiger partial charge in [0.2, 0.25) is 10.0 Å². The monoisotopic (exact) mass is 438 g/mol. The average molecular weight is 439 g/mol. The standard InChI is InChI=1S/C21H30N2O6S/c1-6-22(11-14(2)3)20(25)13-29-21(26)19-10-17(24)12-23(19)30(27,28)18-8-7-15(4)16(5)9-18/h7-9,17,19,24H,2,6,10-13H2,1,3-5H3/t17-,19+/m0/s1. The lowest BCUT2D eigenvalue weighted by Gasteiger charge is -2.24. The maximum absolute atomic E-state index is 13.1. The summed E-state index contributed by atoms with van der Waals surface area (Å²) in [5.74, 6) is -1.24. The van der Waals surface area contributed by atoms with Crippen LogP contribution < -0.4 is 0 Å². The normalized spacial score (nSPS) is 19.5. The van der Waals surface area contributed by atoms with E-state index in [0.29, 0.717) is 13.1 Å². The van der Waals surface area contributed by atoms with Crippen molar-refractivity contribution in [2.75, 3.05) is 26.2 Å². The zero-order valence-electron chi connectivity index (χ0n) is 17.9. The van der Waals surface area contributed by atoms with E-state index >= 15 is 0 Å².